The maximum atomic E-state index is 5.76. The summed E-state index contributed by atoms with van der Waals surface area (Å²) in [5.41, 5.74) is 6.97. The highest BCUT2D eigenvalue weighted by atomic mass is 32.1. The average Bonchev–Trinajstić information content (AvgIpc) is 2.47. The molecule has 0 spiro atoms. The quantitative estimate of drug-likeness (QED) is 0.777. The Kier molecular flexibility index (Phi) is 4.11. The van der Waals surface area contributed by atoms with Crippen molar-refractivity contribution in [1.29, 1.82) is 0 Å². The number of nitrogen functional groups attached to an aromatic ring is 1. The zero-order valence-electron chi connectivity index (χ0n) is 10.1. The summed E-state index contributed by atoms with van der Waals surface area (Å²) in [5.74, 6) is 0. The normalized spacial score (nSPS) is 12.0. The van der Waals surface area contributed by atoms with Gasteiger partial charge in [0.2, 0.25) is 0 Å². The van der Waals surface area contributed by atoms with Gasteiger partial charge in [-0.2, -0.15) is 0 Å². The van der Waals surface area contributed by atoms with Gasteiger partial charge in [-0.15, -0.1) is 11.3 Å². The first kappa shape index (κ1) is 12.5. The molecule has 0 saturated heterocycles. The summed E-state index contributed by atoms with van der Waals surface area (Å²) in [5, 5.41) is 4.07. The molecule has 0 saturated carbocycles. The van der Waals surface area contributed by atoms with Crippen molar-refractivity contribution in [3.63, 3.8) is 0 Å². The Labute approximate surface area is 96.1 Å². The fraction of sp³-hybridized carbons (Fsp3) is 0.727. The third-order valence-corrected chi connectivity index (χ3v) is 3.02. The van der Waals surface area contributed by atoms with Crippen molar-refractivity contribution in [1.82, 2.24) is 10.3 Å². The second-order valence-corrected chi connectivity index (χ2v) is 5.87. The van der Waals surface area contributed by atoms with Crippen molar-refractivity contribution in [3.8, 4) is 0 Å². The first-order valence-electron chi connectivity index (χ1n) is 5.41. The van der Waals surface area contributed by atoms with Crippen LogP contribution in [0.4, 0.5) is 5.13 Å². The van der Waals surface area contributed by atoms with Gasteiger partial charge in [0.25, 0.3) is 0 Å². The van der Waals surface area contributed by atoms with Crippen LogP contribution in [0.1, 0.15) is 44.7 Å². The first-order valence-corrected chi connectivity index (χ1v) is 6.23. The molecule has 0 aliphatic heterocycles. The topological polar surface area (TPSA) is 50.9 Å². The van der Waals surface area contributed by atoms with Crippen LogP contribution >= 0.6 is 11.3 Å². The molecular formula is C11H21N3S. The number of thiazole rings is 1. The van der Waals surface area contributed by atoms with E-state index in [1.165, 1.54) is 4.88 Å². The Morgan fingerprint density at radius 1 is 1.40 bits per heavy atom. The molecule has 15 heavy (non-hydrogen) atoms. The molecule has 3 nitrogen and oxygen atoms in total. The Morgan fingerprint density at radius 3 is 2.60 bits per heavy atom. The highest BCUT2D eigenvalue weighted by Crippen LogP contribution is 2.30. The number of aromatic nitrogens is 1. The van der Waals surface area contributed by atoms with E-state index in [1.807, 2.05) is 0 Å². The molecule has 0 radical (unpaired) electrons. The predicted octanol–water partition coefficient (Wildman–Crippen LogP) is 2.52. The summed E-state index contributed by atoms with van der Waals surface area (Å²) in [6.07, 6.45) is 1.15. The Morgan fingerprint density at radius 2 is 2.07 bits per heavy atom. The van der Waals surface area contributed by atoms with E-state index in [9.17, 15) is 0 Å². The van der Waals surface area contributed by atoms with Crippen molar-refractivity contribution in [2.45, 2.75) is 46.1 Å². The molecule has 0 bridgehead atoms. The summed E-state index contributed by atoms with van der Waals surface area (Å²) in [7, 11) is 0. The van der Waals surface area contributed by atoms with Crippen LogP contribution < -0.4 is 11.1 Å². The van der Waals surface area contributed by atoms with E-state index >= 15 is 0 Å². The number of hydrogen-bond donors (Lipinski definition) is 2. The molecule has 4 heteroatoms. The molecule has 1 rings (SSSR count). The van der Waals surface area contributed by atoms with Gasteiger partial charge >= 0.3 is 0 Å². The number of nitrogens with one attached hydrogen (secondary N) is 1. The van der Waals surface area contributed by atoms with Crippen LogP contribution in [0.15, 0.2) is 0 Å². The van der Waals surface area contributed by atoms with Crippen LogP contribution in [0.25, 0.3) is 0 Å². The summed E-state index contributed by atoms with van der Waals surface area (Å²) in [6.45, 7) is 10.6. The van der Waals surface area contributed by atoms with Gasteiger partial charge in [-0.1, -0.05) is 27.7 Å². The third-order valence-electron chi connectivity index (χ3n) is 2.14. The van der Waals surface area contributed by atoms with E-state index in [0.29, 0.717) is 5.13 Å². The molecule has 0 aromatic carbocycles. The van der Waals surface area contributed by atoms with Crippen molar-refractivity contribution in [3.05, 3.63) is 10.6 Å². The third kappa shape index (κ3) is 3.47. The lowest BCUT2D eigenvalue weighted by Crippen LogP contribution is -2.19. The smallest absolute Gasteiger partial charge is 0.180 e. The monoisotopic (exact) mass is 227 g/mol. The van der Waals surface area contributed by atoms with Crippen LogP contribution in [0.3, 0.4) is 0 Å². The minimum absolute atomic E-state index is 0.0807. The first-order chi connectivity index (χ1) is 6.95. The summed E-state index contributed by atoms with van der Waals surface area (Å²) < 4.78 is 0. The van der Waals surface area contributed by atoms with E-state index in [2.05, 4.69) is 38.0 Å². The van der Waals surface area contributed by atoms with Gasteiger partial charge in [-0.3, -0.25) is 0 Å². The molecule has 1 aromatic rings. The average molecular weight is 227 g/mol. The standard InChI is InChI=1S/C11H21N3S/c1-5-6-13-7-8-9(11(2,3)4)14-10(12)15-8/h13H,5-7H2,1-4H3,(H2,12,14). The van der Waals surface area contributed by atoms with Gasteiger partial charge in [0.1, 0.15) is 0 Å². The number of rotatable bonds is 4. The molecule has 0 fully saturated rings. The van der Waals surface area contributed by atoms with E-state index in [4.69, 9.17) is 5.73 Å². The van der Waals surface area contributed by atoms with Crippen molar-refractivity contribution in [2.75, 3.05) is 12.3 Å². The summed E-state index contributed by atoms with van der Waals surface area (Å²) in [4.78, 5) is 5.69. The molecule has 0 unspecified atom stereocenters. The van der Waals surface area contributed by atoms with E-state index in [0.717, 1.165) is 25.2 Å². The molecule has 0 aliphatic rings. The van der Waals surface area contributed by atoms with E-state index < -0.39 is 0 Å². The second-order valence-electron chi connectivity index (χ2n) is 4.75. The largest absolute Gasteiger partial charge is 0.375 e. The number of nitrogens with zero attached hydrogens (tertiary/aromatic N) is 1. The number of anilines is 1. The van der Waals surface area contributed by atoms with Crippen LogP contribution in [-0.2, 0) is 12.0 Å². The molecule has 1 aromatic heterocycles. The predicted molar refractivity (Wildman–Crippen MR) is 67.2 cm³/mol. The molecule has 1 heterocycles. The van der Waals surface area contributed by atoms with Gasteiger partial charge in [0.05, 0.1) is 5.69 Å². The Bertz CT molecular complexity index is 312. The molecule has 0 atom stereocenters. The highest BCUT2D eigenvalue weighted by Gasteiger charge is 2.22. The molecule has 0 aliphatic carbocycles. The maximum absolute atomic E-state index is 5.76. The fourth-order valence-electron chi connectivity index (χ4n) is 1.45. The van der Waals surface area contributed by atoms with Crippen molar-refractivity contribution < 1.29 is 0 Å². The lowest BCUT2D eigenvalue weighted by molar-refractivity contribution is 0.559. The maximum Gasteiger partial charge on any atom is 0.180 e. The van der Waals surface area contributed by atoms with Gasteiger partial charge in [0, 0.05) is 16.8 Å². The van der Waals surface area contributed by atoms with Gasteiger partial charge in [-0.25, -0.2) is 4.98 Å². The van der Waals surface area contributed by atoms with E-state index in [-0.39, 0.29) is 5.41 Å². The Balaban J connectivity index is 2.78. The van der Waals surface area contributed by atoms with Crippen LogP contribution in [-0.4, -0.2) is 11.5 Å². The zero-order chi connectivity index (χ0) is 11.5. The molecule has 0 amide bonds. The van der Waals surface area contributed by atoms with Gasteiger partial charge in [-0.05, 0) is 13.0 Å². The molecule has 86 valence electrons. The van der Waals surface area contributed by atoms with Crippen molar-refractivity contribution >= 4 is 16.5 Å². The summed E-state index contributed by atoms with van der Waals surface area (Å²) >= 11 is 1.60. The molecule has 3 N–H and O–H groups in total. The van der Waals surface area contributed by atoms with Crippen LogP contribution in [0.2, 0.25) is 0 Å². The number of nitrogens with two attached hydrogens (primary N) is 1. The minimum atomic E-state index is 0.0807. The SMILES string of the molecule is CCCNCc1sc(N)nc1C(C)(C)C. The Hall–Kier alpha value is -0.610. The van der Waals surface area contributed by atoms with Gasteiger partial charge in [0.15, 0.2) is 5.13 Å². The van der Waals surface area contributed by atoms with Crippen molar-refractivity contribution in [2.24, 2.45) is 0 Å². The highest BCUT2D eigenvalue weighted by molar-refractivity contribution is 7.15. The van der Waals surface area contributed by atoms with Crippen LogP contribution in [0, 0.1) is 0 Å². The van der Waals surface area contributed by atoms with E-state index in [1.54, 1.807) is 11.3 Å². The lowest BCUT2D eigenvalue weighted by atomic mass is 9.91. The second kappa shape index (κ2) is 4.94. The summed E-state index contributed by atoms with van der Waals surface area (Å²) in [6, 6.07) is 0. The van der Waals surface area contributed by atoms with Gasteiger partial charge < -0.3 is 11.1 Å². The minimum Gasteiger partial charge on any atom is -0.375 e. The zero-order valence-corrected chi connectivity index (χ0v) is 10.9. The molecular weight excluding hydrogens is 206 g/mol. The number of hydrogen-bond acceptors (Lipinski definition) is 4. The van der Waals surface area contributed by atoms with Crippen LogP contribution in [0.5, 0.6) is 0 Å². The lowest BCUT2D eigenvalue weighted by Gasteiger charge is -2.17. The fourth-order valence-corrected chi connectivity index (χ4v) is 2.47.